The van der Waals surface area contributed by atoms with Gasteiger partial charge in [-0.05, 0) is 36.1 Å². The summed E-state index contributed by atoms with van der Waals surface area (Å²) in [6, 6.07) is 8.42. The van der Waals surface area contributed by atoms with E-state index in [-0.39, 0.29) is 10.7 Å². The topological polar surface area (TPSA) is 117 Å². The number of rotatable bonds is 3. The quantitative estimate of drug-likeness (QED) is 0.512. The molecule has 0 amide bonds. The Labute approximate surface area is 189 Å². The Balaban J connectivity index is 1.47. The summed E-state index contributed by atoms with van der Waals surface area (Å²) in [6.45, 7) is 0.393. The van der Waals surface area contributed by atoms with Crippen molar-refractivity contribution in [3.63, 3.8) is 0 Å². The first-order chi connectivity index (χ1) is 15.5. The van der Waals surface area contributed by atoms with E-state index in [2.05, 4.69) is 38.1 Å². The van der Waals surface area contributed by atoms with Crippen molar-refractivity contribution in [3.05, 3.63) is 41.4 Å². The number of aliphatic hydroxyl groups is 3. The van der Waals surface area contributed by atoms with Gasteiger partial charge in [-0.25, -0.2) is 4.98 Å². The Hall–Kier alpha value is -2.30. The molecule has 1 aromatic carbocycles. The molecule has 6 rings (SSSR count). The van der Waals surface area contributed by atoms with Crippen LogP contribution >= 0.6 is 11.6 Å². The number of anilines is 2. The fraction of sp³-hybridized carbons (Fsp3) is 0.500. The third-order valence-corrected chi connectivity index (χ3v) is 7.38. The number of nitrogens with zero attached hydrogens (tertiary/aromatic N) is 5. The standard InChI is InChI=1S/C22H24ClN5O4/c23-21-25-18(27-10-22(7-3-4-8-22)12-5-1-2-6-13(12)27)15-19(26-21)28(11-24-15)20-17(31)16(30)14(9-29)32-20/h1-2,5-6,11,14,16-17,20,29-31H,3-4,7-10H2/t14-,16-,17-,20-/m1/s1. The Bertz CT molecular complexity index is 1180. The average molecular weight is 458 g/mol. The number of fused-ring (bicyclic) bond motifs is 3. The maximum absolute atomic E-state index is 10.5. The van der Waals surface area contributed by atoms with Crippen molar-refractivity contribution in [3.8, 4) is 0 Å². The van der Waals surface area contributed by atoms with Crippen LogP contribution in [0, 0.1) is 0 Å². The Morgan fingerprint density at radius 1 is 1.12 bits per heavy atom. The van der Waals surface area contributed by atoms with E-state index in [1.165, 1.54) is 24.7 Å². The molecule has 9 nitrogen and oxygen atoms in total. The van der Waals surface area contributed by atoms with Crippen molar-refractivity contribution < 1.29 is 20.1 Å². The fourth-order valence-electron chi connectivity index (χ4n) is 5.66. The Morgan fingerprint density at radius 2 is 1.91 bits per heavy atom. The van der Waals surface area contributed by atoms with Gasteiger partial charge in [-0.1, -0.05) is 31.0 Å². The molecule has 3 N–H and O–H groups in total. The molecule has 32 heavy (non-hydrogen) atoms. The highest BCUT2D eigenvalue weighted by atomic mass is 35.5. The summed E-state index contributed by atoms with van der Waals surface area (Å²) in [7, 11) is 0. The van der Waals surface area contributed by atoms with Gasteiger partial charge in [-0.15, -0.1) is 0 Å². The molecular weight excluding hydrogens is 434 g/mol. The minimum atomic E-state index is -1.24. The lowest BCUT2D eigenvalue weighted by Gasteiger charge is -2.25. The number of aromatic nitrogens is 4. The van der Waals surface area contributed by atoms with Crippen LogP contribution in [0.15, 0.2) is 30.6 Å². The van der Waals surface area contributed by atoms with E-state index < -0.39 is 31.1 Å². The summed E-state index contributed by atoms with van der Waals surface area (Å²) >= 11 is 6.35. The molecule has 1 spiro atoms. The smallest absolute Gasteiger partial charge is 0.226 e. The minimum absolute atomic E-state index is 0.0610. The predicted molar refractivity (Wildman–Crippen MR) is 117 cm³/mol. The van der Waals surface area contributed by atoms with Gasteiger partial charge in [-0.3, -0.25) is 4.57 Å². The molecule has 2 aliphatic heterocycles. The van der Waals surface area contributed by atoms with Gasteiger partial charge >= 0.3 is 0 Å². The number of para-hydroxylation sites is 1. The first-order valence-corrected chi connectivity index (χ1v) is 11.3. The van der Waals surface area contributed by atoms with Crippen LogP contribution in [-0.2, 0) is 10.2 Å². The zero-order valence-corrected chi connectivity index (χ0v) is 18.1. The third kappa shape index (κ3) is 2.82. The van der Waals surface area contributed by atoms with Crippen LogP contribution in [0.5, 0.6) is 0 Å². The normalized spacial score (nSPS) is 28.8. The van der Waals surface area contributed by atoms with Crippen LogP contribution in [0.2, 0.25) is 5.28 Å². The van der Waals surface area contributed by atoms with E-state index in [1.54, 1.807) is 4.57 Å². The largest absolute Gasteiger partial charge is 0.394 e. The summed E-state index contributed by atoms with van der Waals surface area (Å²) in [4.78, 5) is 15.6. The maximum atomic E-state index is 10.5. The second kappa shape index (κ2) is 7.36. The SMILES string of the molecule is OC[C@H]1O[C@@H](n2cnc3c(N4CC5(CCCC5)c5ccccc54)nc(Cl)nc32)[C@H](O)[C@@H]1O. The summed E-state index contributed by atoms with van der Waals surface area (Å²) in [5, 5.41) is 30.2. The fourth-order valence-corrected chi connectivity index (χ4v) is 5.82. The van der Waals surface area contributed by atoms with Gasteiger partial charge in [0.2, 0.25) is 5.28 Å². The molecule has 0 radical (unpaired) electrons. The zero-order valence-electron chi connectivity index (χ0n) is 17.3. The lowest BCUT2D eigenvalue weighted by molar-refractivity contribution is -0.0511. The van der Waals surface area contributed by atoms with Crippen LogP contribution in [-0.4, -0.2) is 66.3 Å². The van der Waals surface area contributed by atoms with E-state index in [0.717, 1.165) is 25.1 Å². The van der Waals surface area contributed by atoms with E-state index in [4.69, 9.17) is 16.3 Å². The summed E-state index contributed by atoms with van der Waals surface area (Å²) in [5.41, 5.74) is 3.49. The van der Waals surface area contributed by atoms with E-state index >= 15 is 0 Å². The molecule has 4 heterocycles. The molecule has 2 aromatic heterocycles. The van der Waals surface area contributed by atoms with Gasteiger partial charge in [0.05, 0.1) is 12.9 Å². The Morgan fingerprint density at radius 3 is 2.66 bits per heavy atom. The Kier molecular flexibility index (Phi) is 4.67. The predicted octanol–water partition coefficient (Wildman–Crippen LogP) is 2.05. The molecule has 0 unspecified atom stereocenters. The van der Waals surface area contributed by atoms with E-state index in [9.17, 15) is 15.3 Å². The monoisotopic (exact) mass is 457 g/mol. The number of benzene rings is 1. The van der Waals surface area contributed by atoms with Crippen LogP contribution in [0.3, 0.4) is 0 Å². The van der Waals surface area contributed by atoms with Crippen molar-refractivity contribution in [2.45, 2.75) is 55.6 Å². The molecule has 1 saturated carbocycles. The van der Waals surface area contributed by atoms with Crippen molar-refractivity contribution in [1.82, 2.24) is 19.5 Å². The number of ether oxygens (including phenoxy) is 1. The van der Waals surface area contributed by atoms with E-state index in [1.807, 2.05) is 6.07 Å². The van der Waals surface area contributed by atoms with Crippen molar-refractivity contribution in [2.75, 3.05) is 18.1 Å². The number of aliphatic hydroxyl groups excluding tert-OH is 3. The highest BCUT2D eigenvalue weighted by Crippen LogP contribution is 2.52. The molecular formula is C22H24ClN5O4. The van der Waals surface area contributed by atoms with Crippen LogP contribution in [0.1, 0.15) is 37.5 Å². The highest BCUT2D eigenvalue weighted by Gasteiger charge is 2.47. The molecule has 0 bridgehead atoms. The molecule has 4 atom stereocenters. The number of hydrogen-bond donors (Lipinski definition) is 3. The maximum Gasteiger partial charge on any atom is 0.226 e. The average Bonchev–Trinajstić information content (AvgIpc) is 3.56. The van der Waals surface area contributed by atoms with Crippen LogP contribution in [0.25, 0.3) is 11.2 Å². The first kappa shape index (κ1) is 20.3. The van der Waals surface area contributed by atoms with Gasteiger partial charge in [-0.2, -0.15) is 9.97 Å². The van der Waals surface area contributed by atoms with Crippen molar-refractivity contribution >= 4 is 34.3 Å². The summed E-state index contributed by atoms with van der Waals surface area (Å²) in [6.07, 6.45) is 1.91. The summed E-state index contributed by atoms with van der Waals surface area (Å²) < 4.78 is 7.23. The van der Waals surface area contributed by atoms with Gasteiger partial charge < -0.3 is 25.0 Å². The third-order valence-electron chi connectivity index (χ3n) is 7.21. The number of imidazole rings is 1. The van der Waals surface area contributed by atoms with Crippen LogP contribution < -0.4 is 4.90 Å². The second-order valence-electron chi connectivity index (χ2n) is 8.96. The van der Waals surface area contributed by atoms with Crippen molar-refractivity contribution in [2.24, 2.45) is 0 Å². The lowest BCUT2D eigenvalue weighted by Crippen LogP contribution is -2.33. The second-order valence-corrected chi connectivity index (χ2v) is 9.30. The molecule has 2 fully saturated rings. The number of halogens is 1. The van der Waals surface area contributed by atoms with Crippen LogP contribution in [0.4, 0.5) is 11.5 Å². The van der Waals surface area contributed by atoms with E-state index in [0.29, 0.717) is 17.0 Å². The van der Waals surface area contributed by atoms with Gasteiger partial charge in [0.25, 0.3) is 0 Å². The van der Waals surface area contributed by atoms with Crippen molar-refractivity contribution in [1.29, 1.82) is 0 Å². The lowest BCUT2D eigenvalue weighted by atomic mass is 9.81. The van der Waals surface area contributed by atoms with Gasteiger partial charge in [0, 0.05) is 17.6 Å². The molecule has 3 aliphatic rings. The summed E-state index contributed by atoms with van der Waals surface area (Å²) in [5.74, 6) is 0.613. The highest BCUT2D eigenvalue weighted by molar-refractivity contribution is 6.28. The van der Waals surface area contributed by atoms with Gasteiger partial charge in [0.1, 0.15) is 18.3 Å². The number of hydrogen-bond acceptors (Lipinski definition) is 8. The van der Waals surface area contributed by atoms with Gasteiger partial charge in [0.15, 0.2) is 23.2 Å². The molecule has 3 aromatic rings. The first-order valence-electron chi connectivity index (χ1n) is 10.9. The molecule has 10 heteroatoms. The molecule has 1 aliphatic carbocycles. The minimum Gasteiger partial charge on any atom is -0.394 e. The zero-order chi connectivity index (χ0) is 22.0. The molecule has 168 valence electrons. The molecule has 1 saturated heterocycles.